The molecule has 0 aromatic heterocycles. The Labute approximate surface area is 56.9 Å². The largest absolute Gasteiger partial charge is 0.383 e. The van der Waals surface area contributed by atoms with E-state index < -0.39 is 0 Å². The van der Waals surface area contributed by atoms with E-state index >= 15 is 0 Å². The van der Waals surface area contributed by atoms with Crippen LogP contribution in [0.25, 0.3) is 0 Å². The second-order valence-corrected chi connectivity index (χ2v) is 1.96. The summed E-state index contributed by atoms with van der Waals surface area (Å²) in [6.45, 7) is 5.68. The van der Waals surface area contributed by atoms with E-state index in [1.165, 1.54) is 5.71 Å². The van der Waals surface area contributed by atoms with Gasteiger partial charge in [0.1, 0.15) is 0 Å². The lowest BCUT2D eigenvalue weighted by atomic mass is 10.3. The molecular formula is C7H15NO. The first kappa shape index (κ1) is 8.63. The van der Waals surface area contributed by atoms with Crippen molar-refractivity contribution in [1.82, 2.24) is 0 Å². The van der Waals surface area contributed by atoms with Crippen molar-refractivity contribution < 1.29 is 4.74 Å². The third kappa shape index (κ3) is 5.50. The molecule has 0 saturated heterocycles. The fraction of sp³-hybridized carbons (Fsp3) is 0.857. The molecule has 0 N–H and O–H groups in total. The van der Waals surface area contributed by atoms with Gasteiger partial charge in [0.15, 0.2) is 0 Å². The van der Waals surface area contributed by atoms with Gasteiger partial charge in [-0.3, -0.25) is 4.99 Å². The zero-order chi connectivity index (χ0) is 7.11. The van der Waals surface area contributed by atoms with Gasteiger partial charge in [0.25, 0.3) is 0 Å². The van der Waals surface area contributed by atoms with Gasteiger partial charge < -0.3 is 4.74 Å². The second-order valence-electron chi connectivity index (χ2n) is 1.96. The first-order valence-corrected chi connectivity index (χ1v) is 3.30. The van der Waals surface area contributed by atoms with Crippen LogP contribution in [0.1, 0.15) is 20.3 Å². The highest BCUT2D eigenvalue weighted by atomic mass is 16.5. The van der Waals surface area contributed by atoms with E-state index in [-0.39, 0.29) is 0 Å². The molecule has 0 spiro atoms. The Hall–Kier alpha value is -0.370. The zero-order valence-electron chi connectivity index (χ0n) is 6.48. The molecule has 0 aliphatic carbocycles. The molecule has 0 aromatic carbocycles. The van der Waals surface area contributed by atoms with E-state index in [9.17, 15) is 0 Å². The summed E-state index contributed by atoms with van der Waals surface area (Å²) in [6.07, 6.45) is 1.05. The number of ether oxygens (including phenoxy) is 1. The molecule has 0 heterocycles. The maximum absolute atomic E-state index is 4.83. The number of aliphatic imine (C=N–C) groups is 1. The Bertz CT molecular complexity index is 88.9. The standard InChI is InChI=1S/C7H15NO/c1-4-7(2)8-5-6-9-3/h4-6H2,1-3H3. The zero-order valence-corrected chi connectivity index (χ0v) is 6.48. The second kappa shape index (κ2) is 5.76. The highest BCUT2D eigenvalue weighted by Crippen LogP contribution is 1.83. The van der Waals surface area contributed by atoms with Crippen molar-refractivity contribution in [1.29, 1.82) is 0 Å². The van der Waals surface area contributed by atoms with Crippen LogP contribution in [0.5, 0.6) is 0 Å². The number of hydrogen-bond donors (Lipinski definition) is 0. The van der Waals surface area contributed by atoms with Gasteiger partial charge in [-0.15, -0.1) is 0 Å². The minimum atomic E-state index is 0.733. The fourth-order valence-electron chi connectivity index (χ4n) is 0.440. The first-order chi connectivity index (χ1) is 4.31. The number of hydrogen-bond acceptors (Lipinski definition) is 2. The molecule has 0 bridgehead atoms. The van der Waals surface area contributed by atoms with Crippen molar-refractivity contribution in [3.63, 3.8) is 0 Å². The molecule has 0 amide bonds. The van der Waals surface area contributed by atoms with Gasteiger partial charge >= 0.3 is 0 Å². The molecule has 0 rings (SSSR count). The average molecular weight is 129 g/mol. The first-order valence-electron chi connectivity index (χ1n) is 3.30. The highest BCUT2D eigenvalue weighted by molar-refractivity contribution is 5.81. The number of nitrogens with zero attached hydrogens (tertiary/aromatic N) is 1. The molecule has 0 unspecified atom stereocenters. The van der Waals surface area contributed by atoms with Gasteiger partial charge in [-0.05, 0) is 13.3 Å². The fourth-order valence-corrected chi connectivity index (χ4v) is 0.440. The van der Waals surface area contributed by atoms with Crippen molar-refractivity contribution in [2.45, 2.75) is 20.3 Å². The van der Waals surface area contributed by atoms with Gasteiger partial charge in [0.05, 0.1) is 13.2 Å². The monoisotopic (exact) mass is 129 g/mol. The Kier molecular flexibility index (Phi) is 5.52. The van der Waals surface area contributed by atoms with Gasteiger partial charge in [-0.1, -0.05) is 6.92 Å². The normalized spacial score (nSPS) is 12.1. The molecule has 0 saturated carbocycles. The summed E-state index contributed by atoms with van der Waals surface area (Å²) in [5.41, 5.74) is 1.20. The summed E-state index contributed by atoms with van der Waals surface area (Å²) in [5.74, 6) is 0. The Morgan fingerprint density at radius 1 is 1.56 bits per heavy atom. The predicted molar refractivity (Wildman–Crippen MR) is 40.1 cm³/mol. The van der Waals surface area contributed by atoms with Crippen LogP contribution in [0.3, 0.4) is 0 Å². The van der Waals surface area contributed by atoms with E-state index in [1.807, 2.05) is 6.92 Å². The van der Waals surface area contributed by atoms with E-state index in [0.717, 1.165) is 19.6 Å². The summed E-state index contributed by atoms with van der Waals surface area (Å²) in [6, 6.07) is 0. The van der Waals surface area contributed by atoms with Crippen LogP contribution in [0.4, 0.5) is 0 Å². The Morgan fingerprint density at radius 2 is 2.22 bits per heavy atom. The molecular weight excluding hydrogens is 114 g/mol. The smallest absolute Gasteiger partial charge is 0.0658 e. The molecule has 0 aromatic rings. The van der Waals surface area contributed by atoms with Crippen LogP contribution < -0.4 is 0 Å². The van der Waals surface area contributed by atoms with Crippen molar-refractivity contribution in [2.75, 3.05) is 20.3 Å². The Morgan fingerprint density at radius 3 is 2.67 bits per heavy atom. The van der Waals surface area contributed by atoms with E-state index in [4.69, 9.17) is 4.74 Å². The van der Waals surface area contributed by atoms with E-state index in [1.54, 1.807) is 7.11 Å². The van der Waals surface area contributed by atoms with Crippen molar-refractivity contribution in [2.24, 2.45) is 4.99 Å². The quantitative estimate of drug-likeness (QED) is 0.416. The molecule has 0 fully saturated rings. The minimum absolute atomic E-state index is 0.733. The van der Waals surface area contributed by atoms with Crippen molar-refractivity contribution in [3.05, 3.63) is 0 Å². The summed E-state index contributed by atoms with van der Waals surface area (Å²) >= 11 is 0. The van der Waals surface area contributed by atoms with Gasteiger partial charge in [0, 0.05) is 12.8 Å². The number of methoxy groups -OCH3 is 1. The van der Waals surface area contributed by atoms with Crippen molar-refractivity contribution >= 4 is 5.71 Å². The third-order valence-electron chi connectivity index (χ3n) is 1.19. The summed E-state index contributed by atoms with van der Waals surface area (Å²) in [5, 5.41) is 0. The minimum Gasteiger partial charge on any atom is -0.383 e. The molecule has 2 heteroatoms. The molecule has 0 aliphatic rings. The molecule has 0 radical (unpaired) electrons. The van der Waals surface area contributed by atoms with Gasteiger partial charge in [0.2, 0.25) is 0 Å². The highest BCUT2D eigenvalue weighted by Gasteiger charge is 1.83. The SMILES string of the molecule is CCC(C)=NCCOC. The molecule has 2 nitrogen and oxygen atoms in total. The topological polar surface area (TPSA) is 21.6 Å². The summed E-state index contributed by atoms with van der Waals surface area (Å²) in [4.78, 5) is 4.22. The summed E-state index contributed by atoms with van der Waals surface area (Å²) < 4.78 is 4.83. The lowest BCUT2D eigenvalue weighted by molar-refractivity contribution is 0.208. The van der Waals surface area contributed by atoms with Crippen LogP contribution in [0.15, 0.2) is 4.99 Å². The van der Waals surface area contributed by atoms with E-state index in [0.29, 0.717) is 0 Å². The molecule has 0 atom stereocenters. The van der Waals surface area contributed by atoms with Crippen molar-refractivity contribution in [3.8, 4) is 0 Å². The van der Waals surface area contributed by atoms with E-state index in [2.05, 4.69) is 11.9 Å². The van der Waals surface area contributed by atoms with Gasteiger partial charge in [-0.2, -0.15) is 0 Å². The molecule has 9 heavy (non-hydrogen) atoms. The lowest BCUT2D eigenvalue weighted by Gasteiger charge is -1.94. The lowest BCUT2D eigenvalue weighted by Crippen LogP contribution is -1.96. The maximum atomic E-state index is 4.83. The average Bonchev–Trinajstić information content (AvgIpc) is 1.89. The molecule has 0 aliphatic heterocycles. The Balaban J connectivity index is 3.21. The third-order valence-corrected chi connectivity index (χ3v) is 1.19. The summed E-state index contributed by atoms with van der Waals surface area (Å²) in [7, 11) is 1.69. The number of rotatable bonds is 4. The van der Waals surface area contributed by atoms with Crippen LogP contribution in [0, 0.1) is 0 Å². The van der Waals surface area contributed by atoms with Crippen LogP contribution in [-0.2, 0) is 4.74 Å². The van der Waals surface area contributed by atoms with Gasteiger partial charge in [-0.25, -0.2) is 0 Å². The maximum Gasteiger partial charge on any atom is 0.0658 e. The van der Waals surface area contributed by atoms with Crippen LogP contribution >= 0.6 is 0 Å². The predicted octanol–water partition coefficient (Wildman–Crippen LogP) is 1.50. The van der Waals surface area contributed by atoms with Crippen LogP contribution in [-0.4, -0.2) is 26.0 Å². The molecule has 54 valence electrons. The van der Waals surface area contributed by atoms with Crippen LogP contribution in [0.2, 0.25) is 0 Å².